The molecule has 0 aliphatic heterocycles. The van der Waals surface area contributed by atoms with Crippen LogP contribution >= 0.6 is 0 Å². The molecule has 0 heterocycles. The molecule has 0 aliphatic carbocycles. The van der Waals surface area contributed by atoms with Gasteiger partial charge in [0.2, 0.25) is 10.9 Å². The molecule has 2 nitrogen and oxygen atoms in total. The van der Waals surface area contributed by atoms with Gasteiger partial charge in [-0.1, -0.05) is 54.6 Å². The second-order valence-electron chi connectivity index (χ2n) is 6.86. The monoisotopic (exact) mass is 332 g/mol. The first kappa shape index (κ1) is 13.7. The lowest BCUT2D eigenvalue weighted by atomic mass is 9.86. The van der Waals surface area contributed by atoms with Crippen molar-refractivity contribution >= 4 is 53.9 Å². The zero-order chi connectivity index (χ0) is 17.4. The summed E-state index contributed by atoms with van der Waals surface area (Å²) in [6.07, 6.45) is 0. The van der Waals surface area contributed by atoms with Crippen LogP contribution in [0.4, 0.5) is 0 Å². The molecule has 6 rings (SSSR count). The van der Waals surface area contributed by atoms with E-state index < -0.39 is 10.9 Å². The molecular weight excluding hydrogens is 320 g/mol. The van der Waals surface area contributed by atoms with Gasteiger partial charge >= 0.3 is 0 Å². The van der Waals surface area contributed by atoms with Gasteiger partial charge in [0, 0.05) is 10.8 Å². The smallest absolute Gasteiger partial charge is 0.234 e. The van der Waals surface area contributed by atoms with Crippen LogP contribution < -0.4 is 10.9 Å². The Labute approximate surface area is 147 Å². The molecule has 0 radical (unpaired) electrons. The molecule has 0 atom stereocenters. The van der Waals surface area contributed by atoms with Gasteiger partial charge in [-0.15, -0.1) is 0 Å². The average molecular weight is 332 g/mol. The molecule has 6 aromatic rings. The highest BCUT2D eigenvalue weighted by molar-refractivity contribution is 6.38. The van der Waals surface area contributed by atoms with Crippen molar-refractivity contribution in [3.63, 3.8) is 0 Å². The molecule has 120 valence electrons. The Balaban J connectivity index is 2.19. The summed E-state index contributed by atoms with van der Waals surface area (Å²) in [6, 6.07) is 23.8. The molecule has 0 bridgehead atoms. The predicted molar refractivity (Wildman–Crippen MR) is 109 cm³/mol. The van der Waals surface area contributed by atoms with Crippen LogP contribution in [0.15, 0.2) is 82.4 Å². The van der Waals surface area contributed by atoms with Gasteiger partial charge in [0.05, 0.1) is 0 Å². The molecule has 0 fully saturated rings. The molecule has 26 heavy (non-hydrogen) atoms. The Kier molecular flexibility index (Phi) is 2.41. The highest BCUT2D eigenvalue weighted by Gasteiger charge is 2.17. The zero-order valence-electron chi connectivity index (χ0n) is 13.7. The second-order valence-corrected chi connectivity index (χ2v) is 6.86. The summed E-state index contributed by atoms with van der Waals surface area (Å²) in [5.41, 5.74) is -0.858. The molecule has 0 saturated heterocycles. The van der Waals surface area contributed by atoms with Crippen molar-refractivity contribution in [2.24, 2.45) is 0 Å². The quantitative estimate of drug-likeness (QED) is 0.222. The zero-order valence-corrected chi connectivity index (χ0v) is 13.7. The molecule has 0 unspecified atom stereocenters. The van der Waals surface area contributed by atoms with E-state index in [1.807, 2.05) is 30.3 Å². The van der Waals surface area contributed by atoms with Gasteiger partial charge in [-0.3, -0.25) is 9.59 Å². The Hall–Kier alpha value is -3.52. The van der Waals surface area contributed by atoms with Crippen LogP contribution in [0.3, 0.4) is 0 Å². The van der Waals surface area contributed by atoms with Crippen molar-refractivity contribution in [2.75, 3.05) is 0 Å². The third-order valence-corrected chi connectivity index (χ3v) is 5.53. The minimum atomic E-state index is -0.448. The van der Waals surface area contributed by atoms with E-state index in [2.05, 4.69) is 30.3 Å². The normalized spacial score (nSPS) is 12.2. The minimum absolute atomic E-state index is 0.411. The summed E-state index contributed by atoms with van der Waals surface area (Å²) in [5.74, 6) is 0. The number of hydrogen-bond acceptors (Lipinski definition) is 2. The van der Waals surface area contributed by atoms with Gasteiger partial charge in [0.25, 0.3) is 0 Å². The van der Waals surface area contributed by atoms with Crippen molar-refractivity contribution in [3.05, 3.63) is 93.2 Å². The number of benzene rings is 6. The summed E-state index contributed by atoms with van der Waals surface area (Å²) in [6.45, 7) is 0. The van der Waals surface area contributed by atoms with E-state index in [0.717, 1.165) is 48.5 Å². The Morgan fingerprint density at radius 3 is 2.12 bits per heavy atom. The molecule has 0 aromatic heterocycles. The Bertz CT molecular complexity index is 1610. The molecule has 0 aliphatic rings. The van der Waals surface area contributed by atoms with E-state index in [1.165, 1.54) is 6.07 Å². The summed E-state index contributed by atoms with van der Waals surface area (Å²) in [5, 5.41) is 9.92. The summed E-state index contributed by atoms with van der Waals surface area (Å²) in [7, 11) is 0. The summed E-state index contributed by atoms with van der Waals surface area (Å²) < 4.78 is 0. The first-order valence-corrected chi connectivity index (χ1v) is 8.63. The van der Waals surface area contributed by atoms with Crippen LogP contribution in [-0.4, -0.2) is 0 Å². The molecule has 0 spiro atoms. The van der Waals surface area contributed by atoms with Crippen LogP contribution in [0.2, 0.25) is 0 Å². The highest BCUT2D eigenvalue weighted by Crippen LogP contribution is 2.42. The van der Waals surface area contributed by atoms with Crippen molar-refractivity contribution in [1.82, 2.24) is 0 Å². The predicted octanol–water partition coefficient (Wildman–Crippen LogP) is 5.05. The molecule has 0 saturated carbocycles. The maximum absolute atomic E-state index is 12.9. The van der Waals surface area contributed by atoms with Crippen LogP contribution in [0.1, 0.15) is 0 Å². The maximum Gasteiger partial charge on any atom is 0.234 e. The van der Waals surface area contributed by atoms with E-state index in [0.29, 0.717) is 5.39 Å². The topological polar surface area (TPSA) is 34.1 Å². The third kappa shape index (κ3) is 1.52. The van der Waals surface area contributed by atoms with Crippen molar-refractivity contribution in [2.45, 2.75) is 0 Å². The Morgan fingerprint density at radius 2 is 1.19 bits per heavy atom. The van der Waals surface area contributed by atoms with Gasteiger partial charge in [-0.25, -0.2) is 0 Å². The molecule has 0 N–H and O–H groups in total. The van der Waals surface area contributed by atoms with Crippen LogP contribution in [0, 0.1) is 0 Å². The minimum Gasteiger partial charge on any atom is -0.286 e. The van der Waals surface area contributed by atoms with E-state index in [9.17, 15) is 9.59 Å². The van der Waals surface area contributed by atoms with Crippen molar-refractivity contribution < 1.29 is 0 Å². The summed E-state index contributed by atoms with van der Waals surface area (Å²) in [4.78, 5) is 25.1. The highest BCUT2D eigenvalue weighted by atomic mass is 16.2. The lowest BCUT2D eigenvalue weighted by Gasteiger charge is -2.16. The molecule has 2 heteroatoms. The number of hydrogen-bond donors (Lipinski definition) is 0. The van der Waals surface area contributed by atoms with Crippen molar-refractivity contribution in [1.29, 1.82) is 0 Å². The van der Waals surface area contributed by atoms with Gasteiger partial charge in [-0.05, 0) is 61.3 Å². The van der Waals surface area contributed by atoms with E-state index >= 15 is 0 Å². The van der Waals surface area contributed by atoms with Gasteiger partial charge in [0.15, 0.2) is 0 Å². The van der Waals surface area contributed by atoms with Gasteiger partial charge in [0.1, 0.15) is 0 Å². The first-order valence-electron chi connectivity index (χ1n) is 8.63. The van der Waals surface area contributed by atoms with Gasteiger partial charge in [-0.2, -0.15) is 0 Å². The van der Waals surface area contributed by atoms with Gasteiger partial charge < -0.3 is 0 Å². The molecule has 0 amide bonds. The molecular formula is C24H12O2. The fourth-order valence-electron chi connectivity index (χ4n) is 4.46. The van der Waals surface area contributed by atoms with E-state index in [4.69, 9.17) is 0 Å². The lowest BCUT2D eigenvalue weighted by Crippen LogP contribution is -2.22. The molecule has 6 aromatic carbocycles. The van der Waals surface area contributed by atoms with Crippen molar-refractivity contribution in [3.8, 4) is 0 Å². The van der Waals surface area contributed by atoms with Crippen LogP contribution in [-0.2, 0) is 0 Å². The fraction of sp³-hybridized carbons (Fsp3) is 0. The van der Waals surface area contributed by atoms with E-state index in [1.54, 1.807) is 6.07 Å². The Morgan fingerprint density at radius 1 is 0.462 bits per heavy atom. The standard InChI is InChI=1S/C24H12O2/c25-19-11-10-18-17-7-3-5-13-8-9-15-12-14-4-1-2-6-16(14)22(21(15)20(13)17)23(18)24(19)26/h1-12H. The van der Waals surface area contributed by atoms with E-state index in [-0.39, 0.29) is 0 Å². The summed E-state index contributed by atoms with van der Waals surface area (Å²) >= 11 is 0. The SMILES string of the molecule is O=c1ccc2c3cccc4ccc5cc6ccccc6c(c2c1=O)c5c43. The van der Waals surface area contributed by atoms with Crippen LogP contribution in [0.25, 0.3) is 53.9 Å². The maximum atomic E-state index is 12.9. The largest absolute Gasteiger partial charge is 0.286 e. The third-order valence-electron chi connectivity index (χ3n) is 5.53. The lowest BCUT2D eigenvalue weighted by molar-refractivity contribution is 1.56. The van der Waals surface area contributed by atoms with Crippen LogP contribution in [0.5, 0.6) is 0 Å². The average Bonchev–Trinajstić information content (AvgIpc) is 2.68. The number of rotatable bonds is 0. The first-order chi connectivity index (χ1) is 12.7. The second kappa shape index (κ2) is 4.55. The fourth-order valence-corrected chi connectivity index (χ4v) is 4.46. The number of fused-ring (bicyclic) bond motifs is 5.